The molecule has 0 spiro atoms. The highest BCUT2D eigenvalue weighted by atomic mass is 16.3. The van der Waals surface area contributed by atoms with Crippen LogP contribution in [-0.2, 0) is 0 Å². The van der Waals surface area contributed by atoms with Gasteiger partial charge in [0, 0.05) is 5.92 Å². The summed E-state index contributed by atoms with van der Waals surface area (Å²) in [5, 5.41) is 32.4. The van der Waals surface area contributed by atoms with Crippen molar-refractivity contribution in [2.45, 2.75) is 78.4 Å². The molecule has 8 atom stereocenters. The normalized spacial score (nSPS) is 46.3. The minimum atomic E-state index is -0.919. The van der Waals surface area contributed by atoms with Gasteiger partial charge in [-0.1, -0.05) is 50.6 Å². The number of hydrogen-bond acceptors (Lipinski definition) is 3. The van der Waals surface area contributed by atoms with E-state index in [-0.39, 0.29) is 23.9 Å². The highest BCUT2D eigenvalue weighted by Crippen LogP contribution is 2.60. The molecule has 0 radical (unpaired) electrons. The van der Waals surface area contributed by atoms with Gasteiger partial charge in [0.25, 0.3) is 0 Å². The number of aliphatic hydroxyl groups is 3. The van der Waals surface area contributed by atoms with Crippen LogP contribution in [0.2, 0.25) is 0 Å². The van der Waals surface area contributed by atoms with Crippen molar-refractivity contribution in [2.24, 2.45) is 35.0 Å². The fourth-order valence-corrected chi connectivity index (χ4v) is 6.68. The summed E-state index contributed by atoms with van der Waals surface area (Å²) < 4.78 is 0. The third-order valence-corrected chi connectivity index (χ3v) is 8.26. The number of rotatable bonds is 4. The Morgan fingerprint density at radius 1 is 1.36 bits per heavy atom. The van der Waals surface area contributed by atoms with Crippen molar-refractivity contribution < 1.29 is 15.3 Å². The van der Waals surface area contributed by atoms with Gasteiger partial charge in [0.15, 0.2) is 0 Å². The molecule has 3 rings (SSSR count). The first kappa shape index (κ1) is 21.8. The summed E-state index contributed by atoms with van der Waals surface area (Å²) in [4.78, 5) is 0. The van der Waals surface area contributed by atoms with Crippen molar-refractivity contribution in [1.29, 1.82) is 0 Å². The summed E-state index contributed by atoms with van der Waals surface area (Å²) in [6, 6.07) is 0. The monoisotopic (exact) mass is 388 g/mol. The smallest absolute Gasteiger partial charge is 0.0770 e. The lowest BCUT2D eigenvalue weighted by Gasteiger charge is -2.46. The molecule has 3 nitrogen and oxygen atoms in total. The first-order chi connectivity index (χ1) is 13.1. The fraction of sp³-hybridized carbons (Fsp3) is 0.760. The summed E-state index contributed by atoms with van der Waals surface area (Å²) in [6.07, 6.45) is 12.9. The van der Waals surface area contributed by atoms with Crippen LogP contribution in [-0.4, -0.2) is 33.6 Å². The number of hydrogen-bond donors (Lipinski definition) is 3. The highest BCUT2D eigenvalue weighted by molar-refractivity contribution is 5.24. The molecule has 0 aliphatic heterocycles. The molecule has 3 N–H and O–H groups in total. The lowest BCUT2D eigenvalue weighted by Crippen LogP contribution is -2.48. The molecule has 3 aliphatic rings. The zero-order valence-corrected chi connectivity index (χ0v) is 18.4. The van der Waals surface area contributed by atoms with Crippen molar-refractivity contribution in [3.63, 3.8) is 0 Å². The molecule has 0 unspecified atom stereocenters. The van der Waals surface area contributed by atoms with Crippen molar-refractivity contribution in [3.05, 3.63) is 35.5 Å². The fourth-order valence-electron chi connectivity index (χ4n) is 6.68. The molecule has 0 bridgehead atoms. The van der Waals surface area contributed by atoms with E-state index in [1.165, 1.54) is 12.0 Å². The van der Waals surface area contributed by atoms with Gasteiger partial charge in [-0.3, -0.25) is 0 Å². The van der Waals surface area contributed by atoms with Crippen molar-refractivity contribution in [2.75, 3.05) is 6.61 Å². The Bertz CT molecular complexity index is 659. The minimum Gasteiger partial charge on any atom is -0.392 e. The van der Waals surface area contributed by atoms with Crippen LogP contribution in [0.25, 0.3) is 0 Å². The van der Waals surface area contributed by atoms with Crippen LogP contribution in [0.15, 0.2) is 35.5 Å². The Balaban J connectivity index is 1.92. The third kappa shape index (κ3) is 3.78. The van der Waals surface area contributed by atoms with E-state index in [0.29, 0.717) is 24.2 Å². The first-order valence-electron chi connectivity index (χ1n) is 11.1. The van der Waals surface area contributed by atoms with Gasteiger partial charge in [-0.2, -0.15) is 0 Å². The predicted octanol–water partition coefficient (Wildman–Crippen LogP) is 4.64. The lowest BCUT2D eigenvalue weighted by atomic mass is 9.61. The summed E-state index contributed by atoms with van der Waals surface area (Å²) in [6.45, 7) is 10.9. The molecular formula is C25H40O3. The maximum atomic E-state index is 11.8. The summed E-state index contributed by atoms with van der Waals surface area (Å²) >= 11 is 0. The van der Waals surface area contributed by atoms with E-state index >= 15 is 0 Å². The molecule has 28 heavy (non-hydrogen) atoms. The second kappa shape index (κ2) is 8.08. The Morgan fingerprint density at radius 3 is 2.71 bits per heavy atom. The first-order valence-corrected chi connectivity index (χ1v) is 11.1. The molecule has 3 heteroatoms. The van der Waals surface area contributed by atoms with Crippen molar-refractivity contribution in [1.82, 2.24) is 0 Å². The van der Waals surface area contributed by atoms with Gasteiger partial charge in [0.1, 0.15) is 0 Å². The predicted molar refractivity (Wildman–Crippen MR) is 115 cm³/mol. The van der Waals surface area contributed by atoms with Gasteiger partial charge < -0.3 is 15.3 Å². The van der Waals surface area contributed by atoms with Crippen LogP contribution in [0.4, 0.5) is 0 Å². The summed E-state index contributed by atoms with van der Waals surface area (Å²) in [5.74, 6) is 1.30. The van der Waals surface area contributed by atoms with Crippen LogP contribution < -0.4 is 0 Å². The lowest BCUT2D eigenvalue weighted by molar-refractivity contribution is -0.0828. The Labute approximate surface area is 171 Å². The molecule has 158 valence electrons. The molecule has 0 aromatic rings. The maximum absolute atomic E-state index is 11.8. The number of aliphatic hydroxyl groups excluding tert-OH is 2. The minimum absolute atomic E-state index is 0.0482. The van der Waals surface area contributed by atoms with Gasteiger partial charge in [-0.05, 0) is 80.6 Å². The SMILES string of the molecule is CC(C)=C/C=C/[C@H](C)[C@H]1CC[C@]2(C)C[C@@]3(O)[C@H](C)C[C@@H](O)[C@@H]3/C(CO)=C\C[C@@H]12. The number of allylic oxidation sites excluding steroid dienone is 5. The molecule has 2 saturated carbocycles. The third-order valence-electron chi connectivity index (χ3n) is 8.26. The van der Waals surface area contributed by atoms with Crippen LogP contribution >= 0.6 is 0 Å². The van der Waals surface area contributed by atoms with E-state index in [1.54, 1.807) is 0 Å². The molecule has 0 saturated heterocycles. The second-order valence-corrected chi connectivity index (χ2v) is 10.5. The van der Waals surface area contributed by atoms with E-state index in [1.807, 2.05) is 0 Å². The average Bonchev–Trinajstić information content (AvgIpc) is 3.01. The molecule has 0 heterocycles. The van der Waals surface area contributed by atoms with Crippen LogP contribution in [0.3, 0.4) is 0 Å². The van der Waals surface area contributed by atoms with E-state index in [2.05, 4.69) is 58.9 Å². The second-order valence-electron chi connectivity index (χ2n) is 10.5. The van der Waals surface area contributed by atoms with Crippen molar-refractivity contribution in [3.8, 4) is 0 Å². The quantitative estimate of drug-likeness (QED) is 0.486. The maximum Gasteiger partial charge on any atom is 0.0770 e. The zero-order valence-electron chi connectivity index (χ0n) is 18.4. The van der Waals surface area contributed by atoms with Crippen LogP contribution in [0.5, 0.6) is 0 Å². The van der Waals surface area contributed by atoms with E-state index in [0.717, 1.165) is 24.8 Å². The molecule has 0 aromatic heterocycles. The van der Waals surface area contributed by atoms with Crippen LogP contribution in [0, 0.1) is 35.0 Å². The highest BCUT2D eigenvalue weighted by Gasteiger charge is 2.59. The average molecular weight is 389 g/mol. The van der Waals surface area contributed by atoms with Crippen LogP contribution in [0.1, 0.15) is 66.7 Å². The molecular weight excluding hydrogens is 348 g/mol. The standard InChI is InChI=1S/C25H40O3/c1-16(2)7-6-8-17(3)20-11-12-24(5)15-25(28)18(4)13-22(27)23(25)19(14-26)9-10-21(20)24/h6-9,17-18,20-23,26-28H,10-15H2,1-5H3/b8-6+,19-9-/t17-,18+,20+,21-,22+,23-,24+,25+/m0/s1. The van der Waals surface area contributed by atoms with Crippen molar-refractivity contribution >= 4 is 0 Å². The number of fused-ring (bicyclic) bond motifs is 2. The van der Waals surface area contributed by atoms with E-state index in [9.17, 15) is 15.3 Å². The Hall–Kier alpha value is -0.900. The van der Waals surface area contributed by atoms with Gasteiger partial charge in [0.05, 0.1) is 18.3 Å². The van der Waals surface area contributed by atoms with E-state index in [4.69, 9.17) is 0 Å². The largest absolute Gasteiger partial charge is 0.392 e. The van der Waals surface area contributed by atoms with Gasteiger partial charge in [-0.15, -0.1) is 0 Å². The van der Waals surface area contributed by atoms with Gasteiger partial charge >= 0.3 is 0 Å². The Morgan fingerprint density at radius 2 is 2.07 bits per heavy atom. The zero-order chi connectivity index (χ0) is 20.7. The topological polar surface area (TPSA) is 60.7 Å². The molecule has 0 amide bonds. The van der Waals surface area contributed by atoms with Gasteiger partial charge in [-0.25, -0.2) is 0 Å². The van der Waals surface area contributed by atoms with E-state index < -0.39 is 11.7 Å². The summed E-state index contributed by atoms with van der Waals surface area (Å²) in [7, 11) is 0. The molecule has 0 aromatic carbocycles. The van der Waals surface area contributed by atoms with Gasteiger partial charge in [0.2, 0.25) is 0 Å². The Kier molecular flexibility index (Phi) is 6.29. The molecule has 3 aliphatic carbocycles. The summed E-state index contributed by atoms with van der Waals surface area (Å²) in [5.41, 5.74) is 1.31. The molecule has 2 fully saturated rings.